The van der Waals surface area contributed by atoms with Crippen LogP contribution in [0.5, 0.6) is 0 Å². The van der Waals surface area contributed by atoms with Gasteiger partial charge in [-0.3, -0.25) is 0 Å². The molecule has 1 aromatic rings. The van der Waals surface area contributed by atoms with Gasteiger partial charge < -0.3 is 9.84 Å². The molecule has 2 N–H and O–H groups in total. The first-order valence-corrected chi connectivity index (χ1v) is 7.33. The maximum Gasteiger partial charge on any atom is 0.421 e. The van der Waals surface area contributed by atoms with Crippen LogP contribution >= 0.6 is 0 Å². The summed E-state index contributed by atoms with van der Waals surface area (Å²) in [6, 6.07) is 6.90. The van der Waals surface area contributed by atoms with Gasteiger partial charge in [0.2, 0.25) is 0 Å². The molecule has 0 heterocycles. The van der Waals surface area contributed by atoms with Crippen LogP contribution in [0, 0.1) is 11.8 Å². The van der Waals surface area contributed by atoms with Crippen molar-refractivity contribution in [2.75, 3.05) is 20.8 Å². The molecule has 0 aromatic heterocycles. The molecule has 1 amide bonds. The third-order valence-corrected chi connectivity index (χ3v) is 3.83. The fourth-order valence-electron chi connectivity index (χ4n) is 1.46. The second kappa shape index (κ2) is 7.64. The highest BCUT2D eigenvalue weighted by Crippen LogP contribution is 2.09. The van der Waals surface area contributed by atoms with Crippen LogP contribution in [0.4, 0.5) is 4.79 Å². The Morgan fingerprint density at radius 1 is 1.48 bits per heavy atom. The summed E-state index contributed by atoms with van der Waals surface area (Å²) in [6.45, 7) is -0.192. The third kappa shape index (κ3) is 5.43. The number of hydrogen-bond acceptors (Lipinski definition) is 5. The molecule has 0 atom stereocenters. The molecule has 0 saturated carbocycles. The first-order valence-electron chi connectivity index (χ1n) is 5.89. The first kappa shape index (κ1) is 17.0. The second-order valence-electron chi connectivity index (χ2n) is 4.01. The van der Waals surface area contributed by atoms with Crippen LogP contribution in [-0.4, -0.2) is 44.7 Å². The number of benzene rings is 1. The molecule has 0 aliphatic carbocycles. The molecule has 0 saturated heterocycles. The van der Waals surface area contributed by atoms with Gasteiger partial charge in [0, 0.05) is 19.2 Å². The summed E-state index contributed by atoms with van der Waals surface area (Å²) in [7, 11) is -1.56. The van der Waals surface area contributed by atoms with Crippen LogP contribution in [0.1, 0.15) is 11.1 Å². The monoisotopic (exact) mass is 312 g/mol. The Kier molecular flexibility index (Phi) is 6.17. The highest BCUT2D eigenvalue weighted by atomic mass is 32.2. The van der Waals surface area contributed by atoms with Crippen LogP contribution in [0.15, 0.2) is 24.3 Å². The summed E-state index contributed by atoms with van der Waals surface area (Å²) >= 11 is 0. The van der Waals surface area contributed by atoms with Crippen molar-refractivity contribution in [3.63, 3.8) is 0 Å². The fourth-order valence-corrected chi connectivity index (χ4v) is 2.22. The fraction of sp³-hybridized carbons (Fsp3) is 0.308. The van der Waals surface area contributed by atoms with Gasteiger partial charge in [-0.1, -0.05) is 24.0 Å². The van der Waals surface area contributed by atoms with Gasteiger partial charge in [0.25, 0.3) is 0 Å². The zero-order chi connectivity index (χ0) is 15.9. The number of nitrogens with one attached hydrogen (secondary N) is 1. The summed E-state index contributed by atoms with van der Waals surface area (Å²) in [6.07, 6.45) is -1.05. The molecule has 0 bridgehead atoms. The number of carbonyl (C=O) groups is 1. The summed E-state index contributed by atoms with van der Waals surface area (Å²) in [4.78, 5) is 11.0. The van der Waals surface area contributed by atoms with Crippen molar-refractivity contribution in [3.8, 4) is 11.8 Å². The summed E-state index contributed by atoms with van der Waals surface area (Å²) < 4.78 is 30.6. The van der Waals surface area contributed by atoms with E-state index in [1.165, 1.54) is 7.05 Å². The molecule has 8 heteroatoms. The molecule has 0 unspecified atom stereocenters. The van der Waals surface area contributed by atoms with E-state index in [1.54, 1.807) is 29.0 Å². The lowest BCUT2D eigenvalue weighted by Gasteiger charge is -2.17. The largest absolute Gasteiger partial charge is 0.452 e. The van der Waals surface area contributed by atoms with Crippen molar-refractivity contribution in [2.24, 2.45) is 0 Å². The van der Waals surface area contributed by atoms with Gasteiger partial charge in [-0.05, 0) is 17.7 Å². The van der Waals surface area contributed by atoms with E-state index in [-0.39, 0.29) is 13.2 Å². The van der Waals surface area contributed by atoms with E-state index in [9.17, 15) is 13.2 Å². The van der Waals surface area contributed by atoms with E-state index >= 15 is 0 Å². The highest BCUT2D eigenvalue weighted by Gasteiger charge is 2.20. The normalized spacial score (nSPS) is 10.7. The summed E-state index contributed by atoms with van der Waals surface area (Å²) in [5, 5.41) is 8.64. The average molecular weight is 312 g/mol. The van der Waals surface area contributed by atoms with Crippen molar-refractivity contribution in [1.29, 1.82) is 0 Å². The number of aliphatic hydroxyl groups is 1. The highest BCUT2D eigenvalue weighted by molar-refractivity contribution is 7.87. The number of amides is 1. The number of hydrogen-bond donors (Lipinski definition) is 2. The van der Waals surface area contributed by atoms with Gasteiger partial charge in [0.05, 0.1) is 7.11 Å². The van der Waals surface area contributed by atoms with E-state index in [0.29, 0.717) is 11.1 Å². The third-order valence-electron chi connectivity index (χ3n) is 2.45. The predicted molar refractivity (Wildman–Crippen MR) is 76.3 cm³/mol. The molecular weight excluding hydrogens is 296 g/mol. The molecule has 1 rings (SSSR count). The van der Waals surface area contributed by atoms with Crippen LogP contribution in [0.2, 0.25) is 0 Å². The zero-order valence-corrected chi connectivity index (χ0v) is 12.5. The van der Waals surface area contributed by atoms with Crippen LogP contribution in [-0.2, 0) is 21.5 Å². The van der Waals surface area contributed by atoms with Gasteiger partial charge >= 0.3 is 16.3 Å². The van der Waals surface area contributed by atoms with Gasteiger partial charge in [-0.25, -0.2) is 9.52 Å². The molecule has 0 fully saturated rings. The van der Waals surface area contributed by atoms with E-state index in [1.807, 2.05) is 0 Å². The maximum absolute atomic E-state index is 11.8. The Balaban J connectivity index is 2.83. The molecule has 0 radical (unpaired) electrons. The van der Waals surface area contributed by atoms with Crippen molar-refractivity contribution in [3.05, 3.63) is 35.4 Å². The minimum absolute atomic E-state index is 0.0565. The smallest absolute Gasteiger partial charge is 0.421 e. The number of aliphatic hydroxyl groups excluding tert-OH is 1. The van der Waals surface area contributed by atoms with Crippen molar-refractivity contribution in [2.45, 2.75) is 6.54 Å². The molecule has 0 aliphatic rings. The van der Waals surface area contributed by atoms with E-state index < -0.39 is 16.3 Å². The Morgan fingerprint density at radius 2 is 2.19 bits per heavy atom. The van der Waals surface area contributed by atoms with E-state index in [4.69, 9.17) is 5.11 Å². The quantitative estimate of drug-likeness (QED) is 0.767. The zero-order valence-electron chi connectivity index (χ0n) is 11.7. The van der Waals surface area contributed by atoms with Crippen LogP contribution in [0.25, 0.3) is 0 Å². The van der Waals surface area contributed by atoms with Gasteiger partial charge in [0.15, 0.2) is 0 Å². The van der Waals surface area contributed by atoms with Gasteiger partial charge in [-0.2, -0.15) is 12.7 Å². The molecule has 7 nitrogen and oxygen atoms in total. The number of carbonyl (C=O) groups excluding carboxylic acids is 1. The molecule has 21 heavy (non-hydrogen) atoms. The van der Waals surface area contributed by atoms with Crippen molar-refractivity contribution < 1.29 is 23.1 Å². The minimum atomic E-state index is -3.97. The minimum Gasteiger partial charge on any atom is -0.452 e. The van der Waals surface area contributed by atoms with Crippen LogP contribution in [0.3, 0.4) is 0 Å². The Morgan fingerprint density at radius 3 is 2.81 bits per heavy atom. The first-order chi connectivity index (χ1) is 9.89. The summed E-state index contributed by atoms with van der Waals surface area (Å²) in [5.74, 6) is 5.24. The number of methoxy groups -OCH3 is 1. The number of rotatable bonds is 4. The Bertz CT molecular complexity index is 661. The molecular formula is C13H16N2O5S. The average Bonchev–Trinajstić information content (AvgIpc) is 2.44. The second-order valence-corrected chi connectivity index (χ2v) is 5.79. The van der Waals surface area contributed by atoms with E-state index in [0.717, 1.165) is 11.4 Å². The van der Waals surface area contributed by atoms with Crippen LogP contribution < -0.4 is 4.72 Å². The SMILES string of the molecule is COC(=O)NS(=O)(=O)N(C)Cc1cccc(C#CCO)c1. The number of ether oxygens (including phenoxy) is 1. The standard InChI is InChI=1S/C13H16N2O5S/c1-15(21(18,19)14-13(17)20-2)10-12-6-3-5-11(9-12)7-4-8-16/h3,5-6,9,16H,8,10H2,1-2H3,(H,14,17). The Labute approximate surface area is 123 Å². The summed E-state index contributed by atoms with van der Waals surface area (Å²) in [5.41, 5.74) is 1.35. The lowest BCUT2D eigenvalue weighted by molar-refractivity contribution is 0.177. The lowest BCUT2D eigenvalue weighted by atomic mass is 10.1. The van der Waals surface area contributed by atoms with Crippen molar-refractivity contribution >= 4 is 16.3 Å². The lowest BCUT2D eigenvalue weighted by Crippen LogP contribution is -2.41. The van der Waals surface area contributed by atoms with Gasteiger partial charge in [0.1, 0.15) is 6.61 Å². The van der Waals surface area contributed by atoms with Gasteiger partial charge in [-0.15, -0.1) is 0 Å². The molecule has 0 spiro atoms. The van der Waals surface area contributed by atoms with Crippen molar-refractivity contribution in [1.82, 2.24) is 9.03 Å². The maximum atomic E-state index is 11.8. The predicted octanol–water partition coefficient (Wildman–Crippen LogP) is 0.0630. The topological polar surface area (TPSA) is 95.9 Å². The molecule has 114 valence electrons. The Hall–Kier alpha value is -2.08. The molecule has 0 aliphatic heterocycles. The number of nitrogens with zero attached hydrogens (tertiary/aromatic N) is 1. The van der Waals surface area contributed by atoms with E-state index in [2.05, 4.69) is 16.6 Å². The molecule has 1 aromatic carbocycles.